The van der Waals surface area contributed by atoms with E-state index >= 15 is 0 Å². The van der Waals surface area contributed by atoms with E-state index < -0.39 is 0 Å². The van der Waals surface area contributed by atoms with Crippen molar-refractivity contribution in [3.63, 3.8) is 0 Å². The quantitative estimate of drug-likeness (QED) is 0.819. The second-order valence-electron chi connectivity index (χ2n) is 5.06. The normalized spacial score (nSPS) is 29.2. The molecule has 1 aromatic carbocycles. The molecule has 0 spiro atoms. The predicted octanol–water partition coefficient (Wildman–Crippen LogP) is 2.52. The minimum absolute atomic E-state index is 0.150. The highest BCUT2D eigenvalue weighted by Gasteiger charge is 2.56. The second-order valence-corrected chi connectivity index (χ2v) is 5.47. The highest BCUT2D eigenvalue weighted by molar-refractivity contribution is 6.32. The summed E-state index contributed by atoms with van der Waals surface area (Å²) in [5.74, 6) is 1.74. The lowest BCUT2D eigenvalue weighted by atomic mass is 10.0. The first-order valence-corrected chi connectivity index (χ1v) is 5.74. The third-order valence-electron chi connectivity index (χ3n) is 3.72. The van der Waals surface area contributed by atoms with Crippen LogP contribution in [-0.4, -0.2) is 12.8 Å². The third-order valence-corrected chi connectivity index (χ3v) is 4.00. The summed E-state index contributed by atoms with van der Waals surface area (Å²) < 4.78 is 10.6. The van der Waals surface area contributed by atoms with Crippen LogP contribution in [0.1, 0.15) is 25.3 Å². The van der Waals surface area contributed by atoms with Crippen molar-refractivity contribution in [1.82, 2.24) is 0 Å². The standard InChI is InChI=1S/C12H14ClNO2/c1-12(2)9(11(12)14)6-3-7(13)10-8(4-6)15-5-16-10/h3-4,9,11H,5,14H2,1-2H3/t9-,11-/m1/s1. The number of halogens is 1. The van der Waals surface area contributed by atoms with Crippen molar-refractivity contribution in [2.75, 3.05) is 6.79 Å². The summed E-state index contributed by atoms with van der Waals surface area (Å²) >= 11 is 6.14. The van der Waals surface area contributed by atoms with Crippen LogP contribution in [0.4, 0.5) is 0 Å². The van der Waals surface area contributed by atoms with Gasteiger partial charge in [-0.15, -0.1) is 0 Å². The summed E-state index contributed by atoms with van der Waals surface area (Å²) in [5.41, 5.74) is 7.35. The fraction of sp³-hybridized carbons (Fsp3) is 0.500. The molecule has 86 valence electrons. The molecule has 1 aliphatic heterocycles. The van der Waals surface area contributed by atoms with Crippen LogP contribution >= 0.6 is 11.6 Å². The number of nitrogens with two attached hydrogens (primary N) is 1. The summed E-state index contributed by atoms with van der Waals surface area (Å²) in [5, 5.41) is 0.611. The Morgan fingerprint density at radius 2 is 2.06 bits per heavy atom. The van der Waals surface area contributed by atoms with Gasteiger partial charge in [0.2, 0.25) is 6.79 Å². The van der Waals surface area contributed by atoms with Crippen LogP contribution in [0.2, 0.25) is 5.02 Å². The van der Waals surface area contributed by atoms with Gasteiger partial charge < -0.3 is 15.2 Å². The molecule has 3 nitrogen and oxygen atoms in total. The highest BCUT2D eigenvalue weighted by Crippen LogP contribution is 2.58. The van der Waals surface area contributed by atoms with Crippen molar-refractivity contribution >= 4 is 11.6 Å². The molecule has 1 aromatic rings. The zero-order valence-electron chi connectivity index (χ0n) is 9.29. The molecular weight excluding hydrogens is 226 g/mol. The lowest BCUT2D eigenvalue weighted by Crippen LogP contribution is -2.06. The van der Waals surface area contributed by atoms with Crippen molar-refractivity contribution in [2.45, 2.75) is 25.8 Å². The van der Waals surface area contributed by atoms with E-state index in [1.165, 1.54) is 0 Å². The Labute approximate surface area is 99.5 Å². The van der Waals surface area contributed by atoms with Gasteiger partial charge >= 0.3 is 0 Å². The molecule has 0 radical (unpaired) electrons. The van der Waals surface area contributed by atoms with E-state index in [9.17, 15) is 0 Å². The van der Waals surface area contributed by atoms with Gasteiger partial charge in [-0.05, 0) is 23.1 Å². The van der Waals surface area contributed by atoms with Crippen LogP contribution in [0.3, 0.4) is 0 Å². The molecular formula is C12H14ClNO2. The maximum absolute atomic E-state index is 6.14. The zero-order chi connectivity index (χ0) is 11.5. The minimum Gasteiger partial charge on any atom is -0.454 e. The minimum atomic E-state index is 0.150. The summed E-state index contributed by atoms with van der Waals surface area (Å²) in [6, 6.07) is 4.13. The summed E-state index contributed by atoms with van der Waals surface area (Å²) in [4.78, 5) is 0. The monoisotopic (exact) mass is 239 g/mol. The van der Waals surface area contributed by atoms with Gasteiger partial charge in [0, 0.05) is 12.0 Å². The van der Waals surface area contributed by atoms with E-state index in [1.54, 1.807) is 0 Å². The molecule has 4 heteroatoms. The largest absolute Gasteiger partial charge is 0.454 e. The smallest absolute Gasteiger partial charge is 0.231 e. The average Bonchev–Trinajstić information content (AvgIpc) is 2.64. The first-order valence-electron chi connectivity index (χ1n) is 5.36. The number of hydrogen-bond acceptors (Lipinski definition) is 3. The van der Waals surface area contributed by atoms with E-state index in [-0.39, 0.29) is 18.2 Å². The topological polar surface area (TPSA) is 44.5 Å². The maximum Gasteiger partial charge on any atom is 0.231 e. The van der Waals surface area contributed by atoms with Gasteiger partial charge in [-0.2, -0.15) is 0 Å². The van der Waals surface area contributed by atoms with E-state index in [4.69, 9.17) is 26.8 Å². The van der Waals surface area contributed by atoms with Crippen molar-refractivity contribution in [2.24, 2.45) is 11.1 Å². The Hall–Kier alpha value is -0.930. The van der Waals surface area contributed by atoms with E-state index in [0.717, 1.165) is 11.3 Å². The van der Waals surface area contributed by atoms with Crippen LogP contribution in [0, 0.1) is 5.41 Å². The Bertz CT molecular complexity index is 459. The SMILES string of the molecule is CC1(C)[C@H](N)[C@H]1c1cc(Cl)c2c(c1)OCO2. The van der Waals surface area contributed by atoms with Gasteiger partial charge in [0.25, 0.3) is 0 Å². The van der Waals surface area contributed by atoms with Gasteiger partial charge in [0.05, 0.1) is 5.02 Å². The molecule has 0 aromatic heterocycles. The molecule has 1 heterocycles. The van der Waals surface area contributed by atoms with Gasteiger partial charge in [-0.3, -0.25) is 0 Å². The molecule has 3 rings (SSSR count). The van der Waals surface area contributed by atoms with E-state index in [2.05, 4.69) is 13.8 Å². The van der Waals surface area contributed by atoms with Crippen LogP contribution in [0.5, 0.6) is 11.5 Å². The van der Waals surface area contributed by atoms with Crippen LogP contribution in [-0.2, 0) is 0 Å². The zero-order valence-corrected chi connectivity index (χ0v) is 10.0. The van der Waals surface area contributed by atoms with Crippen molar-refractivity contribution < 1.29 is 9.47 Å². The van der Waals surface area contributed by atoms with Crippen molar-refractivity contribution in [3.05, 3.63) is 22.7 Å². The molecule has 1 aliphatic carbocycles. The molecule has 0 saturated heterocycles. The van der Waals surface area contributed by atoms with Crippen LogP contribution < -0.4 is 15.2 Å². The molecule has 0 unspecified atom stereocenters. The first kappa shape index (κ1) is 10.2. The van der Waals surface area contributed by atoms with Gasteiger partial charge in [0.15, 0.2) is 11.5 Å². The molecule has 1 fully saturated rings. The van der Waals surface area contributed by atoms with Crippen LogP contribution in [0.15, 0.2) is 12.1 Å². The van der Waals surface area contributed by atoms with E-state index in [1.807, 2.05) is 12.1 Å². The summed E-state index contributed by atoms with van der Waals surface area (Å²) in [6.45, 7) is 4.58. The number of rotatable bonds is 1. The van der Waals surface area contributed by atoms with Crippen LogP contribution in [0.25, 0.3) is 0 Å². The Kier molecular flexibility index (Phi) is 1.95. The molecule has 0 amide bonds. The Morgan fingerprint density at radius 1 is 1.38 bits per heavy atom. The Morgan fingerprint density at radius 3 is 2.69 bits per heavy atom. The average molecular weight is 240 g/mol. The fourth-order valence-electron chi connectivity index (χ4n) is 2.48. The van der Waals surface area contributed by atoms with Crippen molar-refractivity contribution in [3.8, 4) is 11.5 Å². The second kappa shape index (κ2) is 3.05. The first-order chi connectivity index (χ1) is 7.51. The molecule has 2 atom stereocenters. The van der Waals surface area contributed by atoms with E-state index in [0.29, 0.717) is 16.7 Å². The van der Waals surface area contributed by atoms with Gasteiger partial charge in [-0.1, -0.05) is 25.4 Å². The number of fused-ring (bicyclic) bond motifs is 1. The van der Waals surface area contributed by atoms with Gasteiger partial charge in [0.1, 0.15) is 0 Å². The number of benzene rings is 1. The van der Waals surface area contributed by atoms with Gasteiger partial charge in [-0.25, -0.2) is 0 Å². The molecule has 2 N–H and O–H groups in total. The lowest BCUT2D eigenvalue weighted by molar-refractivity contribution is 0.174. The maximum atomic E-state index is 6.14. The Balaban J connectivity index is 2.02. The number of ether oxygens (including phenoxy) is 2. The predicted molar refractivity (Wildman–Crippen MR) is 62.1 cm³/mol. The summed E-state index contributed by atoms with van der Waals surface area (Å²) in [7, 11) is 0. The lowest BCUT2D eigenvalue weighted by Gasteiger charge is -2.06. The molecule has 0 bridgehead atoms. The third kappa shape index (κ3) is 1.25. The molecule has 16 heavy (non-hydrogen) atoms. The fourth-order valence-corrected chi connectivity index (χ4v) is 2.76. The van der Waals surface area contributed by atoms with Crippen molar-refractivity contribution in [1.29, 1.82) is 0 Å². The number of hydrogen-bond donors (Lipinski definition) is 1. The molecule has 2 aliphatic rings. The summed E-state index contributed by atoms with van der Waals surface area (Å²) in [6.07, 6.45) is 0. The highest BCUT2D eigenvalue weighted by atomic mass is 35.5. The molecule has 1 saturated carbocycles.